The van der Waals surface area contributed by atoms with Crippen LogP contribution in [0.1, 0.15) is 5.56 Å². The second kappa shape index (κ2) is 6.06. The van der Waals surface area contributed by atoms with E-state index in [0.29, 0.717) is 6.54 Å². The summed E-state index contributed by atoms with van der Waals surface area (Å²) in [5, 5.41) is 5.26. The molecule has 104 valence electrons. The molecule has 3 rings (SSSR count). The number of halogens is 1. The van der Waals surface area contributed by atoms with Gasteiger partial charge in [0.2, 0.25) is 0 Å². The lowest BCUT2D eigenvalue weighted by molar-refractivity contribution is 0.468. The third kappa shape index (κ3) is 2.81. The number of benzene rings is 2. The Labute approximate surface area is 131 Å². The lowest BCUT2D eigenvalue weighted by Crippen LogP contribution is -2.16. The summed E-state index contributed by atoms with van der Waals surface area (Å²) in [4.78, 5) is 12.5. The van der Waals surface area contributed by atoms with Crippen molar-refractivity contribution >= 4 is 26.7 Å². The molecule has 0 saturated carbocycles. The van der Waals surface area contributed by atoms with Crippen LogP contribution in [0, 0.1) is 4.91 Å². The predicted octanol–water partition coefficient (Wildman–Crippen LogP) is 5.10. The molecule has 0 bridgehead atoms. The Morgan fingerprint density at radius 3 is 2.86 bits per heavy atom. The van der Waals surface area contributed by atoms with Crippen molar-refractivity contribution in [2.24, 2.45) is 5.18 Å². The van der Waals surface area contributed by atoms with Gasteiger partial charge in [0.1, 0.15) is 0 Å². The smallest absolute Gasteiger partial charge is 0.0951 e. The van der Waals surface area contributed by atoms with Crippen LogP contribution >= 0.6 is 15.9 Å². The van der Waals surface area contributed by atoms with Crippen molar-refractivity contribution in [1.82, 2.24) is 4.90 Å². The van der Waals surface area contributed by atoms with E-state index in [1.807, 2.05) is 41.5 Å². The summed E-state index contributed by atoms with van der Waals surface area (Å²) in [6.07, 6.45) is 8.98. The summed E-state index contributed by atoms with van der Waals surface area (Å²) in [5.74, 6) is 0. The minimum atomic E-state index is 0.674. The molecule has 3 nitrogen and oxygen atoms in total. The van der Waals surface area contributed by atoms with Gasteiger partial charge in [-0.25, -0.2) is 0 Å². The third-order valence-electron chi connectivity index (χ3n) is 3.44. The first-order valence-electron chi connectivity index (χ1n) is 6.60. The highest BCUT2D eigenvalue weighted by atomic mass is 79.9. The highest BCUT2D eigenvalue weighted by Gasteiger charge is 2.11. The van der Waals surface area contributed by atoms with Crippen LogP contribution in [0.2, 0.25) is 0 Å². The first kappa shape index (κ1) is 13.8. The maximum atomic E-state index is 10.5. The number of nitroso groups, excluding NO2 is 1. The van der Waals surface area contributed by atoms with Gasteiger partial charge in [-0.2, -0.15) is 0 Å². The molecule has 1 aliphatic rings. The van der Waals surface area contributed by atoms with Crippen LogP contribution in [0.15, 0.2) is 82.4 Å². The molecule has 2 aromatic rings. The maximum absolute atomic E-state index is 10.5. The van der Waals surface area contributed by atoms with Gasteiger partial charge < -0.3 is 4.90 Å². The molecule has 21 heavy (non-hydrogen) atoms. The molecule has 4 heteroatoms. The molecule has 0 unspecified atom stereocenters. The van der Waals surface area contributed by atoms with Crippen LogP contribution < -0.4 is 0 Å². The summed E-state index contributed by atoms with van der Waals surface area (Å²) in [6, 6.07) is 12.5. The second-order valence-corrected chi connectivity index (χ2v) is 5.54. The molecule has 2 aromatic carbocycles. The second-order valence-electron chi connectivity index (χ2n) is 4.75. The molecule has 0 atom stereocenters. The number of allylic oxidation sites excluding steroid dienone is 3. The fourth-order valence-electron chi connectivity index (χ4n) is 2.39. The fourth-order valence-corrected chi connectivity index (χ4v) is 3.01. The summed E-state index contributed by atoms with van der Waals surface area (Å²) in [7, 11) is 0. The van der Waals surface area contributed by atoms with Crippen LogP contribution in [0.25, 0.3) is 10.8 Å². The van der Waals surface area contributed by atoms with Gasteiger partial charge in [-0.05, 0) is 49.6 Å². The largest absolute Gasteiger partial charge is 0.342 e. The Morgan fingerprint density at radius 2 is 2.00 bits per heavy atom. The van der Waals surface area contributed by atoms with E-state index in [1.54, 1.807) is 0 Å². The Balaban J connectivity index is 1.96. The lowest BCUT2D eigenvalue weighted by Gasteiger charge is -2.23. The summed E-state index contributed by atoms with van der Waals surface area (Å²) >= 11 is 3.69. The van der Waals surface area contributed by atoms with Gasteiger partial charge in [-0.15, -0.1) is 4.91 Å². The average Bonchev–Trinajstić information content (AvgIpc) is 2.52. The van der Waals surface area contributed by atoms with Crippen molar-refractivity contribution in [3.8, 4) is 0 Å². The summed E-state index contributed by atoms with van der Waals surface area (Å²) in [5.41, 5.74) is 1.94. The molecule has 0 amide bonds. The van der Waals surface area contributed by atoms with Crippen molar-refractivity contribution in [3.63, 3.8) is 0 Å². The minimum Gasteiger partial charge on any atom is -0.342 e. The van der Waals surface area contributed by atoms with E-state index in [9.17, 15) is 4.91 Å². The molecule has 0 aromatic heterocycles. The number of rotatable bonds is 3. The van der Waals surface area contributed by atoms with Crippen molar-refractivity contribution in [2.75, 3.05) is 0 Å². The lowest BCUT2D eigenvalue weighted by atomic mass is 10.1. The molecule has 1 heterocycles. The zero-order chi connectivity index (χ0) is 14.7. The van der Waals surface area contributed by atoms with E-state index < -0.39 is 0 Å². The standard InChI is InChI=1S/C17H13BrN2O/c18-17-14(9-8-13-5-1-2-7-16(13)17)12-20-10-4-3-6-15(20)11-19-21/h1-11H,12H2. The SMILES string of the molecule is O=NC=C1C=CC=CN1Cc1ccc2ccccc2c1Br. The third-order valence-corrected chi connectivity index (χ3v) is 4.38. The zero-order valence-corrected chi connectivity index (χ0v) is 12.8. The van der Waals surface area contributed by atoms with Gasteiger partial charge in [-0.1, -0.05) is 42.5 Å². The van der Waals surface area contributed by atoms with Crippen LogP contribution in [0.4, 0.5) is 0 Å². The maximum Gasteiger partial charge on any atom is 0.0951 e. The number of hydrogen-bond acceptors (Lipinski definition) is 3. The van der Waals surface area contributed by atoms with E-state index in [-0.39, 0.29) is 0 Å². The van der Waals surface area contributed by atoms with E-state index in [0.717, 1.165) is 15.7 Å². The quantitative estimate of drug-likeness (QED) is 0.728. The molecule has 1 aliphatic heterocycles. The summed E-state index contributed by atoms with van der Waals surface area (Å²) in [6.45, 7) is 0.674. The average molecular weight is 341 g/mol. The minimum absolute atomic E-state index is 0.674. The number of nitrogens with zero attached hydrogens (tertiary/aromatic N) is 2. The molecule has 0 saturated heterocycles. The monoisotopic (exact) mass is 340 g/mol. The van der Waals surface area contributed by atoms with Gasteiger partial charge in [0.15, 0.2) is 0 Å². The molecule has 0 radical (unpaired) electrons. The van der Waals surface area contributed by atoms with Crippen molar-refractivity contribution in [1.29, 1.82) is 0 Å². The topological polar surface area (TPSA) is 32.7 Å². The molecule has 0 spiro atoms. The van der Waals surface area contributed by atoms with Gasteiger partial charge >= 0.3 is 0 Å². The van der Waals surface area contributed by atoms with E-state index >= 15 is 0 Å². The van der Waals surface area contributed by atoms with Crippen LogP contribution in [-0.4, -0.2) is 4.90 Å². The first-order valence-corrected chi connectivity index (χ1v) is 7.39. The van der Waals surface area contributed by atoms with E-state index in [4.69, 9.17) is 0 Å². The Kier molecular flexibility index (Phi) is 3.97. The van der Waals surface area contributed by atoms with Gasteiger partial charge in [0.05, 0.1) is 11.9 Å². The first-order chi connectivity index (χ1) is 10.3. The fraction of sp³-hybridized carbons (Fsp3) is 0.0588. The van der Waals surface area contributed by atoms with Crippen molar-refractivity contribution in [2.45, 2.75) is 6.54 Å². The molecule has 0 aliphatic carbocycles. The highest BCUT2D eigenvalue weighted by molar-refractivity contribution is 9.10. The Morgan fingerprint density at radius 1 is 1.14 bits per heavy atom. The van der Waals surface area contributed by atoms with E-state index in [2.05, 4.69) is 45.4 Å². The summed E-state index contributed by atoms with van der Waals surface area (Å²) < 4.78 is 1.09. The molecular formula is C17H13BrN2O. The normalized spacial score (nSPS) is 15.9. The van der Waals surface area contributed by atoms with Gasteiger partial charge in [0.25, 0.3) is 0 Å². The molecule has 0 fully saturated rings. The van der Waals surface area contributed by atoms with Crippen LogP contribution in [-0.2, 0) is 6.54 Å². The van der Waals surface area contributed by atoms with Gasteiger partial charge in [0, 0.05) is 17.2 Å². The molecular weight excluding hydrogens is 328 g/mol. The van der Waals surface area contributed by atoms with Crippen molar-refractivity contribution < 1.29 is 0 Å². The van der Waals surface area contributed by atoms with Crippen LogP contribution in [0.5, 0.6) is 0 Å². The highest BCUT2D eigenvalue weighted by Crippen LogP contribution is 2.29. The number of hydrogen-bond donors (Lipinski definition) is 0. The van der Waals surface area contributed by atoms with Gasteiger partial charge in [-0.3, -0.25) is 0 Å². The predicted molar refractivity (Wildman–Crippen MR) is 89.3 cm³/mol. The van der Waals surface area contributed by atoms with E-state index in [1.165, 1.54) is 17.0 Å². The number of fused-ring (bicyclic) bond motifs is 1. The van der Waals surface area contributed by atoms with Crippen LogP contribution in [0.3, 0.4) is 0 Å². The zero-order valence-electron chi connectivity index (χ0n) is 11.2. The Bertz CT molecular complexity index is 777. The molecule has 0 N–H and O–H groups in total. The Hall–Kier alpha value is -2.20. The van der Waals surface area contributed by atoms with Crippen molar-refractivity contribution in [3.05, 3.63) is 87.7 Å².